The van der Waals surface area contributed by atoms with Gasteiger partial charge in [-0.2, -0.15) is 0 Å². The Labute approximate surface area is 217 Å². The van der Waals surface area contributed by atoms with Crippen molar-refractivity contribution < 1.29 is 14.3 Å². The van der Waals surface area contributed by atoms with E-state index in [1.54, 1.807) is 11.0 Å². The number of nitrogens with zero attached hydrogens (tertiary/aromatic N) is 1. The Morgan fingerprint density at radius 1 is 1.29 bits per heavy atom. The molecule has 2 aromatic carbocycles. The number of carbonyl (C=O) groups excluding carboxylic acids is 2. The van der Waals surface area contributed by atoms with Gasteiger partial charge in [0.25, 0.3) is 0 Å². The van der Waals surface area contributed by atoms with E-state index < -0.39 is 17.4 Å². The van der Waals surface area contributed by atoms with Crippen LogP contribution in [0.5, 0.6) is 0 Å². The standard InChI is InChI=1S/C26H28BrClN2O3S/c1-16(2)24-26(21(14-23(31)29-24)17-6-5-7-19(28)12-17)20-9-8-18(27)13-22(20)30(25(26)32)15-33-10-11-34(3)4/h5-9,12-13,21,24H,1,10-11,14-15H2,2-4H3/p+1/t21-,24+,26-/m0/s1. The second-order valence-electron chi connectivity index (χ2n) is 9.15. The normalized spacial score (nSPS) is 24.0. The summed E-state index contributed by atoms with van der Waals surface area (Å²) in [6.45, 7) is 6.77. The number of piperidine rings is 1. The minimum Gasteiger partial charge on any atom is -0.356 e. The molecule has 0 saturated carbocycles. The lowest BCUT2D eigenvalue weighted by Gasteiger charge is -2.47. The minimum absolute atomic E-state index is 0.0921. The maximum absolute atomic E-state index is 14.5. The number of halogens is 2. The summed E-state index contributed by atoms with van der Waals surface area (Å²) in [4.78, 5) is 29.1. The molecule has 2 amide bonds. The van der Waals surface area contributed by atoms with Gasteiger partial charge < -0.3 is 10.1 Å². The largest absolute Gasteiger partial charge is 0.356 e. The predicted octanol–water partition coefficient (Wildman–Crippen LogP) is 4.79. The molecule has 1 N–H and O–H groups in total. The first-order chi connectivity index (χ1) is 16.2. The number of hydrogen-bond acceptors (Lipinski definition) is 3. The van der Waals surface area contributed by atoms with Crippen LogP contribution in [0.25, 0.3) is 0 Å². The summed E-state index contributed by atoms with van der Waals surface area (Å²) in [5.74, 6) is 0.332. The van der Waals surface area contributed by atoms with Crippen molar-refractivity contribution in [1.82, 2.24) is 5.32 Å². The third kappa shape index (κ3) is 4.43. The predicted molar refractivity (Wildman–Crippen MR) is 144 cm³/mol. The summed E-state index contributed by atoms with van der Waals surface area (Å²) in [6, 6.07) is 12.8. The molecule has 4 rings (SSSR count). The summed E-state index contributed by atoms with van der Waals surface area (Å²) in [5.41, 5.74) is 2.20. The number of fused-ring (bicyclic) bond motifs is 2. The van der Waals surface area contributed by atoms with Crippen molar-refractivity contribution in [3.8, 4) is 0 Å². The maximum atomic E-state index is 14.5. The molecule has 0 radical (unpaired) electrons. The van der Waals surface area contributed by atoms with Gasteiger partial charge in [0, 0.05) is 21.8 Å². The Morgan fingerprint density at radius 3 is 2.74 bits per heavy atom. The average Bonchev–Trinajstić information content (AvgIpc) is 3.00. The monoisotopic (exact) mass is 563 g/mol. The van der Waals surface area contributed by atoms with Crippen LogP contribution >= 0.6 is 27.5 Å². The summed E-state index contributed by atoms with van der Waals surface area (Å²) in [6.07, 6.45) is 4.52. The van der Waals surface area contributed by atoms with E-state index in [0.29, 0.717) is 11.6 Å². The number of anilines is 1. The molecule has 2 aromatic rings. The van der Waals surface area contributed by atoms with Crippen LogP contribution in [0.2, 0.25) is 5.02 Å². The number of rotatable bonds is 7. The van der Waals surface area contributed by atoms with Gasteiger partial charge in [-0.05, 0) is 53.2 Å². The Kier molecular flexibility index (Phi) is 7.48. The highest BCUT2D eigenvalue weighted by atomic mass is 79.9. The maximum Gasteiger partial charge on any atom is 0.242 e. The van der Waals surface area contributed by atoms with E-state index in [1.807, 2.05) is 43.3 Å². The second kappa shape index (κ2) is 10.1. The molecule has 2 aliphatic heterocycles. The molecule has 8 heteroatoms. The van der Waals surface area contributed by atoms with Crippen molar-refractivity contribution in [2.24, 2.45) is 0 Å². The van der Waals surface area contributed by atoms with Crippen LogP contribution in [0, 0.1) is 0 Å². The first-order valence-corrected chi connectivity index (χ1v) is 14.5. The van der Waals surface area contributed by atoms with Crippen LogP contribution in [0.3, 0.4) is 0 Å². The lowest BCUT2D eigenvalue weighted by Crippen LogP contribution is -2.63. The zero-order valence-corrected chi connectivity index (χ0v) is 22.7. The van der Waals surface area contributed by atoms with E-state index in [0.717, 1.165) is 32.6 Å². The van der Waals surface area contributed by atoms with E-state index in [4.69, 9.17) is 16.3 Å². The van der Waals surface area contributed by atoms with Crippen LogP contribution in [-0.2, 0) is 30.6 Å². The molecule has 180 valence electrons. The third-order valence-electron chi connectivity index (χ3n) is 6.60. The average molecular weight is 565 g/mol. The number of nitrogens with one attached hydrogen (secondary N) is 1. The molecular formula is C26H29BrClN2O3S+. The fraction of sp³-hybridized carbons (Fsp3) is 0.385. The van der Waals surface area contributed by atoms with Crippen molar-refractivity contribution in [3.05, 3.63) is 75.2 Å². The Balaban J connectivity index is 1.88. The van der Waals surface area contributed by atoms with Crippen LogP contribution in [-0.4, -0.2) is 49.5 Å². The van der Waals surface area contributed by atoms with Gasteiger partial charge in [0.05, 0.1) is 30.8 Å². The number of hydrogen-bond donors (Lipinski definition) is 1. The highest BCUT2D eigenvalue weighted by Gasteiger charge is 2.63. The molecular weight excluding hydrogens is 536 g/mol. The smallest absolute Gasteiger partial charge is 0.242 e. The highest BCUT2D eigenvalue weighted by Crippen LogP contribution is 2.56. The molecule has 2 heterocycles. The molecule has 1 saturated heterocycles. The molecule has 1 spiro atoms. The summed E-state index contributed by atoms with van der Waals surface area (Å²) >= 11 is 9.92. The van der Waals surface area contributed by atoms with E-state index in [2.05, 4.69) is 40.3 Å². The fourth-order valence-corrected chi connectivity index (χ4v) is 6.15. The van der Waals surface area contributed by atoms with E-state index in [-0.39, 0.29) is 35.9 Å². The van der Waals surface area contributed by atoms with Crippen LogP contribution in [0.4, 0.5) is 5.69 Å². The van der Waals surface area contributed by atoms with Crippen molar-refractivity contribution in [2.45, 2.75) is 30.7 Å². The van der Waals surface area contributed by atoms with Crippen molar-refractivity contribution in [2.75, 3.05) is 36.5 Å². The lowest BCUT2D eigenvalue weighted by atomic mass is 9.59. The lowest BCUT2D eigenvalue weighted by molar-refractivity contribution is -0.132. The van der Waals surface area contributed by atoms with Gasteiger partial charge in [0.2, 0.25) is 11.8 Å². The van der Waals surface area contributed by atoms with E-state index in [1.165, 1.54) is 0 Å². The number of benzene rings is 2. The molecule has 34 heavy (non-hydrogen) atoms. The Hall–Kier alpha value is -1.80. The molecule has 0 aromatic heterocycles. The van der Waals surface area contributed by atoms with Crippen molar-refractivity contribution in [3.63, 3.8) is 0 Å². The summed E-state index contributed by atoms with van der Waals surface area (Å²) < 4.78 is 6.84. The molecule has 0 bridgehead atoms. The van der Waals surface area contributed by atoms with Crippen LogP contribution in [0.1, 0.15) is 30.4 Å². The molecule has 0 unspecified atom stereocenters. The van der Waals surface area contributed by atoms with Gasteiger partial charge >= 0.3 is 0 Å². The number of ether oxygens (including phenoxy) is 1. The Bertz CT molecular complexity index is 1140. The SMILES string of the molecule is C=C(C)[C@H]1NC(=O)C[C@@H](c2cccc(Cl)c2)[C@]12C(=O)N(COCC[S+](C)C)c1cc(Br)ccc12. The third-order valence-corrected chi connectivity index (χ3v) is 8.31. The Morgan fingerprint density at radius 2 is 2.06 bits per heavy atom. The fourth-order valence-electron chi connectivity index (χ4n) is 5.15. The molecule has 0 aliphatic carbocycles. The molecule has 3 atom stereocenters. The van der Waals surface area contributed by atoms with Crippen LogP contribution in [0.15, 0.2) is 59.1 Å². The van der Waals surface area contributed by atoms with Gasteiger partial charge in [-0.15, -0.1) is 0 Å². The molecule has 2 aliphatic rings. The van der Waals surface area contributed by atoms with E-state index >= 15 is 0 Å². The highest BCUT2D eigenvalue weighted by molar-refractivity contribution is 9.10. The summed E-state index contributed by atoms with van der Waals surface area (Å²) in [7, 11) is 0.257. The van der Waals surface area contributed by atoms with Gasteiger partial charge in [-0.1, -0.05) is 57.9 Å². The van der Waals surface area contributed by atoms with Crippen molar-refractivity contribution in [1.29, 1.82) is 0 Å². The van der Waals surface area contributed by atoms with Crippen LogP contribution < -0.4 is 10.2 Å². The minimum atomic E-state index is -1.05. The molecule has 5 nitrogen and oxygen atoms in total. The van der Waals surface area contributed by atoms with Gasteiger partial charge in [-0.3, -0.25) is 14.5 Å². The first kappa shape index (κ1) is 25.3. The zero-order valence-electron chi connectivity index (χ0n) is 19.6. The first-order valence-electron chi connectivity index (χ1n) is 11.1. The van der Waals surface area contributed by atoms with Gasteiger partial charge in [0.1, 0.15) is 17.9 Å². The number of carbonyl (C=O) groups is 2. The zero-order chi connectivity index (χ0) is 24.6. The van der Waals surface area contributed by atoms with E-state index in [9.17, 15) is 9.59 Å². The second-order valence-corrected chi connectivity index (χ2v) is 12.9. The van der Waals surface area contributed by atoms with Gasteiger partial charge in [-0.25, -0.2) is 0 Å². The topological polar surface area (TPSA) is 58.6 Å². The van der Waals surface area contributed by atoms with Crippen molar-refractivity contribution >= 4 is 55.9 Å². The number of amides is 2. The quantitative estimate of drug-likeness (QED) is 0.299. The summed E-state index contributed by atoms with van der Waals surface area (Å²) in [5, 5.41) is 3.65. The molecule has 1 fully saturated rings. The van der Waals surface area contributed by atoms with Gasteiger partial charge in [0.15, 0.2) is 0 Å².